The third-order valence-corrected chi connectivity index (χ3v) is 6.49. The van der Waals surface area contributed by atoms with Crippen LogP contribution >= 0.6 is 15.6 Å². The largest absolute Gasteiger partial charge is 0.472 e. The van der Waals surface area contributed by atoms with Crippen molar-refractivity contribution in [1.29, 1.82) is 0 Å². The van der Waals surface area contributed by atoms with Crippen LogP contribution in [-0.4, -0.2) is 103 Å². The smallest absolute Gasteiger partial charge is 0.462 e. The summed E-state index contributed by atoms with van der Waals surface area (Å²) >= 11 is 0. The number of aliphatic hydroxyl groups excluding tert-OH is 4. The molecule has 0 aromatic carbocycles. The molecule has 216 valence electrons. The van der Waals surface area contributed by atoms with Crippen molar-refractivity contribution < 1.29 is 76.9 Å². The van der Waals surface area contributed by atoms with Crippen molar-refractivity contribution in [2.75, 3.05) is 13.2 Å². The number of aliphatic hydroxyl groups is 4. The van der Waals surface area contributed by atoms with Crippen molar-refractivity contribution in [3.63, 3.8) is 0 Å². The molecular weight excluding hydrogens is 546 g/mol. The van der Waals surface area contributed by atoms with Gasteiger partial charge in [0.25, 0.3) is 0 Å². The summed E-state index contributed by atoms with van der Waals surface area (Å²) < 4.78 is 47.1. The molecule has 0 aromatic heterocycles. The lowest BCUT2D eigenvalue weighted by Crippen LogP contribution is -2.64. The molecule has 1 aliphatic carbocycles. The third kappa shape index (κ3) is 12.0. The first kappa shape index (κ1) is 33.8. The fourth-order valence-corrected chi connectivity index (χ4v) is 4.67. The standard InChI is InChI=1S/C19H34O16P2/c1-3-5-6-7-8-13(21)33-11(9-31-12(20)4-2)10-32-37(29,30)35-19-16(24)14(22)18(15(23)17(19)25)34-36(26,27)28/h3,5,11,14-19,22-25H,4,6-10H2,1-2H3,(H,29,30)(H2,26,27,28)/b5-3+/t11-,14-,15+,16-,17-,18?,19?/m1/s1. The van der Waals surface area contributed by atoms with Crippen molar-refractivity contribution in [2.24, 2.45) is 0 Å². The summed E-state index contributed by atoms with van der Waals surface area (Å²) in [5.41, 5.74) is 0. The molecule has 3 unspecified atom stereocenters. The molecule has 37 heavy (non-hydrogen) atoms. The Hall–Kier alpha value is -1.26. The van der Waals surface area contributed by atoms with Crippen LogP contribution in [0.1, 0.15) is 39.5 Å². The van der Waals surface area contributed by atoms with E-state index < -0.39 is 83.5 Å². The molecule has 1 fully saturated rings. The summed E-state index contributed by atoms with van der Waals surface area (Å²) in [5, 5.41) is 40.4. The number of hydrogen-bond acceptors (Lipinski definition) is 13. The average molecular weight is 580 g/mol. The minimum atomic E-state index is -5.28. The maximum absolute atomic E-state index is 12.4. The Morgan fingerprint density at radius 3 is 1.92 bits per heavy atom. The minimum absolute atomic E-state index is 0.00131. The predicted molar refractivity (Wildman–Crippen MR) is 121 cm³/mol. The molecule has 16 nitrogen and oxygen atoms in total. The number of esters is 2. The Morgan fingerprint density at radius 1 is 0.892 bits per heavy atom. The summed E-state index contributed by atoms with van der Waals surface area (Å²) in [4.78, 5) is 51.3. The molecule has 0 heterocycles. The number of phosphoric acid groups is 2. The number of hydrogen-bond donors (Lipinski definition) is 7. The van der Waals surface area contributed by atoms with Gasteiger partial charge < -0.3 is 44.6 Å². The first-order chi connectivity index (χ1) is 17.1. The minimum Gasteiger partial charge on any atom is -0.462 e. The number of unbranched alkanes of at least 4 members (excludes halogenated alkanes) is 1. The molecule has 7 N–H and O–H groups in total. The number of allylic oxidation sites excluding steroid dienone is 2. The Bertz CT molecular complexity index is 843. The van der Waals surface area contributed by atoms with Crippen LogP contribution in [0.3, 0.4) is 0 Å². The number of phosphoric ester groups is 2. The van der Waals surface area contributed by atoms with E-state index in [1.54, 1.807) is 6.08 Å². The van der Waals surface area contributed by atoms with Crippen molar-refractivity contribution in [1.82, 2.24) is 0 Å². The number of rotatable bonds is 15. The molecule has 1 rings (SSSR count). The van der Waals surface area contributed by atoms with E-state index in [-0.39, 0.29) is 12.8 Å². The van der Waals surface area contributed by atoms with Crippen molar-refractivity contribution in [3.8, 4) is 0 Å². The van der Waals surface area contributed by atoms with Crippen LogP contribution < -0.4 is 0 Å². The highest BCUT2D eigenvalue weighted by atomic mass is 31.2. The number of carbonyl (C=O) groups excluding carboxylic acids is 2. The van der Waals surface area contributed by atoms with Crippen molar-refractivity contribution >= 4 is 27.6 Å². The van der Waals surface area contributed by atoms with Crippen LogP contribution in [0.25, 0.3) is 0 Å². The second-order valence-corrected chi connectivity index (χ2v) is 10.6. The van der Waals surface area contributed by atoms with E-state index in [0.717, 1.165) is 0 Å². The van der Waals surface area contributed by atoms with Crippen molar-refractivity contribution in [2.45, 2.75) is 82.3 Å². The average Bonchev–Trinajstić information content (AvgIpc) is 2.82. The van der Waals surface area contributed by atoms with Crippen LogP contribution in [0.2, 0.25) is 0 Å². The second-order valence-electron chi connectivity index (χ2n) is 7.97. The molecule has 0 spiro atoms. The summed E-state index contributed by atoms with van der Waals surface area (Å²) in [6.07, 6.45) is -10.1. The van der Waals surface area contributed by atoms with Gasteiger partial charge in [-0.25, -0.2) is 9.13 Å². The lowest BCUT2D eigenvalue weighted by Gasteiger charge is -2.43. The van der Waals surface area contributed by atoms with Gasteiger partial charge in [-0.05, 0) is 19.8 Å². The Morgan fingerprint density at radius 2 is 1.43 bits per heavy atom. The molecule has 0 radical (unpaired) electrons. The molecule has 1 saturated carbocycles. The topological polar surface area (TPSA) is 256 Å². The normalized spacial score (nSPS) is 29.0. The van der Waals surface area contributed by atoms with Gasteiger partial charge in [0, 0.05) is 12.8 Å². The first-order valence-electron chi connectivity index (χ1n) is 11.2. The molecule has 0 amide bonds. The molecule has 0 aromatic rings. The summed E-state index contributed by atoms with van der Waals surface area (Å²) in [6.45, 7) is 1.96. The van der Waals surface area contributed by atoms with Gasteiger partial charge in [0.15, 0.2) is 6.10 Å². The summed E-state index contributed by atoms with van der Waals surface area (Å²) in [5.74, 6) is -1.36. The van der Waals surface area contributed by atoms with E-state index in [1.807, 2.05) is 13.0 Å². The lowest BCUT2D eigenvalue weighted by molar-refractivity contribution is -0.216. The Labute approximate surface area is 212 Å². The lowest BCUT2D eigenvalue weighted by atomic mass is 9.85. The van der Waals surface area contributed by atoms with Crippen LogP contribution in [0.4, 0.5) is 0 Å². The van der Waals surface area contributed by atoms with Crippen LogP contribution in [0.15, 0.2) is 12.2 Å². The van der Waals surface area contributed by atoms with Gasteiger partial charge >= 0.3 is 27.6 Å². The molecular formula is C19H34O16P2. The highest BCUT2D eigenvalue weighted by Gasteiger charge is 2.54. The quantitative estimate of drug-likeness (QED) is 0.0532. The zero-order valence-corrected chi connectivity index (χ0v) is 21.9. The second kappa shape index (κ2) is 15.4. The maximum Gasteiger partial charge on any atom is 0.472 e. The zero-order valence-electron chi connectivity index (χ0n) is 20.1. The van der Waals surface area contributed by atoms with E-state index in [4.69, 9.17) is 23.8 Å². The SMILES string of the molecule is C/C=C/CCCC(=O)O[C@H](COC(=O)CC)COP(=O)(O)OC1[C@H](O)[C@H](O)C(OP(=O)(O)O)[C@H](O)[C@H]1O. The fraction of sp³-hybridized carbons (Fsp3) is 0.789. The van der Waals surface area contributed by atoms with E-state index >= 15 is 0 Å². The van der Waals surface area contributed by atoms with Crippen molar-refractivity contribution in [3.05, 3.63) is 12.2 Å². The van der Waals surface area contributed by atoms with Gasteiger partial charge in [-0.15, -0.1) is 0 Å². The summed E-state index contributed by atoms with van der Waals surface area (Å²) in [7, 11) is -10.5. The van der Waals surface area contributed by atoms with Crippen LogP contribution in [-0.2, 0) is 41.8 Å². The Kier molecular flexibility index (Phi) is 14.0. The van der Waals surface area contributed by atoms with Gasteiger partial charge in [-0.2, -0.15) is 0 Å². The number of carbonyl (C=O) groups is 2. The fourth-order valence-electron chi connectivity index (χ4n) is 3.13. The first-order valence-corrected chi connectivity index (χ1v) is 14.2. The van der Waals surface area contributed by atoms with E-state index in [2.05, 4.69) is 9.05 Å². The maximum atomic E-state index is 12.4. The zero-order chi connectivity index (χ0) is 28.4. The molecule has 8 atom stereocenters. The van der Waals surface area contributed by atoms with Gasteiger partial charge in [-0.1, -0.05) is 19.1 Å². The monoisotopic (exact) mass is 580 g/mol. The van der Waals surface area contributed by atoms with E-state index in [1.165, 1.54) is 6.92 Å². The third-order valence-electron chi connectivity index (χ3n) is 4.99. The van der Waals surface area contributed by atoms with E-state index in [9.17, 15) is 44.0 Å². The van der Waals surface area contributed by atoms with Gasteiger partial charge in [0.05, 0.1) is 6.61 Å². The van der Waals surface area contributed by atoms with Crippen LogP contribution in [0.5, 0.6) is 0 Å². The molecule has 0 bridgehead atoms. The van der Waals surface area contributed by atoms with Gasteiger partial charge in [0.1, 0.15) is 43.2 Å². The molecule has 1 aliphatic rings. The van der Waals surface area contributed by atoms with Gasteiger partial charge in [-0.3, -0.25) is 23.2 Å². The van der Waals surface area contributed by atoms with Crippen LogP contribution in [0, 0.1) is 0 Å². The molecule has 0 aliphatic heterocycles. The molecule has 18 heteroatoms. The number of ether oxygens (including phenoxy) is 2. The highest BCUT2D eigenvalue weighted by molar-refractivity contribution is 7.47. The van der Waals surface area contributed by atoms with Gasteiger partial charge in [0.2, 0.25) is 0 Å². The highest BCUT2D eigenvalue weighted by Crippen LogP contribution is 2.48. The summed E-state index contributed by atoms with van der Waals surface area (Å²) in [6, 6.07) is 0. The molecule has 0 saturated heterocycles. The van der Waals surface area contributed by atoms with E-state index in [0.29, 0.717) is 12.8 Å². The predicted octanol–water partition coefficient (Wildman–Crippen LogP) is -0.965. The Balaban J connectivity index is 2.83.